The fourth-order valence-corrected chi connectivity index (χ4v) is 2.73. The summed E-state index contributed by atoms with van der Waals surface area (Å²) in [7, 11) is 0. The molecule has 0 aliphatic heterocycles. The summed E-state index contributed by atoms with van der Waals surface area (Å²) in [6.45, 7) is 6.01. The molecule has 0 unspecified atom stereocenters. The largest absolute Gasteiger partial charge is 0.758 e. The van der Waals surface area contributed by atoms with Crippen molar-refractivity contribution in [2.45, 2.75) is 13.0 Å². The highest BCUT2D eigenvalue weighted by Gasteiger charge is 2.28. The van der Waals surface area contributed by atoms with Crippen LogP contribution in [-0.4, -0.2) is 17.4 Å². The molecule has 1 aromatic heterocycles. The number of ketones is 1. The van der Waals surface area contributed by atoms with E-state index in [9.17, 15) is 4.79 Å². The van der Waals surface area contributed by atoms with Crippen LogP contribution in [0.25, 0.3) is 0 Å². The van der Waals surface area contributed by atoms with E-state index in [1.807, 2.05) is 48.1 Å². The summed E-state index contributed by atoms with van der Waals surface area (Å²) in [5.74, 6) is -0.0779. The summed E-state index contributed by atoms with van der Waals surface area (Å²) >= 11 is 8.78. The van der Waals surface area contributed by atoms with E-state index in [1.54, 1.807) is 18.2 Å². The lowest BCUT2D eigenvalue weighted by Crippen LogP contribution is -2.47. The van der Waals surface area contributed by atoms with Crippen LogP contribution in [0.5, 0.6) is 0 Å². The highest BCUT2D eigenvalue weighted by molar-refractivity contribution is 9.10. The number of hydrogen-bond donors (Lipinski definition) is 0. The lowest BCUT2D eigenvalue weighted by atomic mass is 10.0. The molecule has 0 amide bonds. The van der Waals surface area contributed by atoms with Crippen molar-refractivity contribution in [2.24, 2.45) is 4.99 Å². The fourth-order valence-electron chi connectivity index (χ4n) is 2.16. The minimum atomic E-state index is -0.633. The SMILES string of the molecule is C=CCN=C([S-])[C@@H](C(=O)c1ccc(Br)cc1)[n+]1cccc(C)c1. The molecule has 1 atom stereocenters. The lowest BCUT2D eigenvalue weighted by molar-refractivity contribution is -0.692. The molecule has 0 bridgehead atoms. The molecule has 0 fully saturated rings. The maximum Gasteiger partial charge on any atom is 0.237 e. The second kappa shape index (κ2) is 8.13. The molecule has 0 spiro atoms. The van der Waals surface area contributed by atoms with E-state index < -0.39 is 6.04 Å². The van der Waals surface area contributed by atoms with Crippen LogP contribution in [0.3, 0.4) is 0 Å². The third-order valence-corrected chi connectivity index (χ3v) is 4.14. The lowest BCUT2D eigenvalue weighted by Gasteiger charge is -2.18. The molecule has 0 N–H and O–H groups in total. The highest BCUT2D eigenvalue weighted by atomic mass is 79.9. The standard InChI is InChI=1S/C18H17BrN2OS/c1-3-10-20-18(23)16(21-11-4-5-13(2)12-21)17(22)14-6-8-15(19)9-7-14/h3-9,11-12,16H,1,10H2,2H3/t16-/m1/s1. The Morgan fingerprint density at radius 2 is 2.09 bits per heavy atom. The number of aromatic nitrogens is 1. The average molecular weight is 389 g/mol. The van der Waals surface area contributed by atoms with E-state index in [0.29, 0.717) is 17.2 Å². The molecule has 1 aromatic carbocycles. The van der Waals surface area contributed by atoms with Crippen LogP contribution in [0.4, 0.5) is 0 Å². The number of carbonyl (C=O) groups is 1. The van der Waals surface area contributed by atoms with Crippen molar-refractivity contribution in [3.63, 3.8) is 0 Å². The molecule has 0 saturated carbocycles. The Hall–Kier alpha value is -1.85. The number of aliphatic imine (C=N–C) groups is 1. The molecular weight excluding hydrogens is 372 g/mol. The van der Waals surface area contributed by atoms with Gasteiger partial charge in [-0.2, -0.15) is 4.57 Å². The van der Waals surface area contributed by atoms with Gasteiger partial charge in [0.2, 0.25) is 11.8 Å². The predicted octanol–water partition coefficient (Wildman–Crippen LogP) is 3.60. The zero-order valence-corrected chi connectivity index (χ0v) is 15.2. The predicted molar refractivity (Wildman–Crippen MR) is 98.7 cm³/mol. The second-order valence-corrected chi connectivity index (χ2v) is 6.40. The molecule has 2 rings (SSSR count). The van der Waals surface area contributed by atoms with E-state index in [4.69, 9.17) is 12.6 Å². The number of aryl methyl sites for hydroxylation is 1. The molecule has 118 valence electrons. The zero-order valence-electron chi connectivity index (χ0n) is 12.8. The maximum atomic E-state index is 13.0. The molecule has 1 heterocycles. The van der Waals surface area contributed by atoms with E-state index in [2.05, 4.69) is 27.5 Å². The van der Waals surface area contributed by atoms with E-state index in [1.165, 1.54) is 0 Å². The van der Waals surface area contributed by atoms with Crippen LogP contribution in [0.15, 0.2) is 70.9 Å². The fraction of sp³-hybridized carbons (Fsp3) is 0.167. The van der Waals surface area contributed by atoms with Crippen molar-refractivity contribution >= 4 is 39.4 Å². The number of nitrogens with zero attached hydrogens (tertiary/aromatic N) is 2. The first-order valence-electron chi connectivity index (χ1n) is 7.12. The van der Waals surface area contributed by atoms with Crippen molar-refractivity contribution < 1.29 is 9.36 Å². The Bertz CT molecular complexity index is 741. The Morgan fingerprint density at radius 1 is 1.39 bits per heavy atom. The number of carbonyl (C=O) groups excluding carboxylic acids is 1. The topological polar surface area (TPSA) is 33.3 Å². The van der Waals surface area contributed by atoms with E-state index in [-0.39, 0.29) is 5.78 Å². The van der Waals surface area contributed by atoms with Gasteiger partial charge in [0, 0.05) is 21.7 Å². The smallest absolute Gasteiger partial charge is 0.237 e. The number of pyridine rings is 1. The average Bonchev–Trinajstić information content (AvgIpc) is 2.53. The minimum Gasteiger partial charge on any atom is -0.758 e. The van der Waals surface area contributed by atoms with Gasteiger partial charge in [0.1, 0.15) is 0 Å². The summed E-state index contributed by atoms with van der Waals surface area (Å²) in [6.07, 6.45) is 5.40. The summed E-state index contributed by atoms with van der Waals surface area (Å²) < 4.78 is 2.74. The number of rotatable bonds is 6. The van der Waals surface area contributed by atoms with Crippen molar-refractivity contribution in [3.05, 3.63) is 77.0 Å². The van der Waals surface area contributed by atoms with Gasteiger partial charge in [0.15, 0.2) is 12.4 Å². The Labute approximate surface area is 150 Å². The summed E-state index contributed by atoms with van der Waals surface area (Å²) in [6, 6.07) is 10.5. The number of halogens is 1. The first-order valence-corrected chi connectivity index (χ1v) is 8.32. The van der Waals surface area contributed by atoms with Crippen LogP contribution in [-0.2, 0) is 12.6 Å². The Balaban J connectivity index is 2.46. The van der Waals surface area contributed by atoms with E-state index in [0.717, 1.165) is 10.0 Å². The third kappa shape index (κ3) is 4.56. The summed E-state index contributed by atoms with van der Waals surface area (Å²) in [4.78, 5) is 17.2. The monoisotopic (exact) mass is 388 g/mol. The molecule has 0 radical (unpaired) electrons. The number of benzene rings is 1. The van der Waals surface area contributed by atoms with Gasteiger partial charge in [-0.15, -0.1) is 6.58 Å². The van der Waals surface area contributed by atoms with Gasteiger partial charge in [-0.3, -0.25) is 4.79 Å². The first-order chi connectivity index (χ1) is 11.0. The van der Waals surface area contributed by atoms with Gasteiger partial charge in [-0.05, 0) is 30.2 Å². The Morgan fingerprint density at radius 3 is 2.70 bits per heavy atom. The van der Waals surface area contributed by atoms with Crippen molar-refractivity contribution in [3.8, 4) is 0 Å². The summed E-state index contributed by atoms with van der Waals surface area (Å²) in [5.41, 5.74) is 1.65. The van der Waals surface area contributed by atoms with Crippen LogP contribution in [0.1, 0.15) is 22.0 Å². The van der Waals surface area contributed by atoms with Crippen LogP contribution in [0.2, 0.25) is 0 Å². The van der Waals surface area contributed by atoms with Gasteiger partial charge in [0.25, 0.3) is 0 Å². The summed E-state index contributed by atoms with van der Waals surface area (Å²) in [5, 5.41) is 0.355. The van der Waals surface area contributed by atoms with E-state index >= 15 is 0 Å². The van der Waals surface area contributed by atoms with Gasteiger partial charge in [0.05, 0.1) is 6.54 Å². The van der Waals surface area contributed by atoms with Gasteiger partial charge >= 0.3 is 0 Å². The number of hydrogen-bond acceptors (Lipinski definition) is 3. The second-order valence-electron chi connectivity index (χ2n) is 5.07. The van der Waals surface area contributed by atoms with Gasteiger partial charge < -0.3 is 17.6 Å². The number of Topliss-reactive ketones (excluding diaryl/α,β-unsaturated/α-hetero) is 1. The zero-order chi connectivity index (χ0) is 16.8. The maximum absolute atomic E-state index is 13.0. The Kier molecular flexibility index (Phi) is 6.19. The highest BCUT2D eigenvalue weighted by Crippen LogP contribution is 2.15. The first kappa shape index (κ1) is 17.5. The van der Waals surface area contributed by atoms with Crippen LogP contribution < -0.4 is 4.57 Å². The quantitative estimate of drug-likeness (QED) is 0.189. The van der Waals surface area contributed by atoms with Gasteiger partial charge in [-0.1, -0.05) is 34.1 Å². The molecular formula is C18H17BrN2OS. The normalized spacial score (nSPS) is 12.7. The molecule has 0 aliphatic rings. The molecule has 23 heavy (non-hydrogen) atoms. The van der Waals surface area contributed by atoms with Crippen LogP contribution >= 0.6 is 15.9 Å². The molecule has 2 aromatic rings. The molecule has 0 aliphatic carbocycles. The van der Waals surface area contributed by atoms with Crippen molar-refractivity contribution in [1.82, 2.24) is 0 Å². The minimum absolute atomic E-state index is 0.0779. The van der Waals surface area contributed by atoms with Gasteiger partial charge in [-0.25, -0.2) is 0 Å². The third-order valence-electron chi connectivity index (χ3n) is 3.26. The molecule has 5 heteroatoms. The molecule has 0 saturated heterocycles. The van der Waals surface area contributed by atoms with Crippen molar-refractivity contribution in [1.29, 1.82) is 0 Å². The van der Waals surface area contributed by atoms with Crippen LogP contribution in [0, 0.1) is 6.92 Å². The molecule has 3 nitrogen and oxygen atoms in total. The van der Waals surface area contributed by atoms with Crippen molar-refractivity contribution in [2.75, 3.05) is 6.54 Å².